The molecule has 0 saturated carbocycles. The van der Waals surface area contributed by atoms with Crippen molar-refractivity contribution in [3.8, 4) is 5.75 Å². The van der Waals surface area contributed by atoms with Gasteiger partial charge in [-0.15, -0.1) is 0 Å². The van der Waals surface area contributed by atoms with Crippen LogP contribution in [0.1, 0.15) is 21.6 Å². The number of hydrogen-bond donors (Lipinski definition) is 2. The molecule has 0 aliphatic heterocycles. The molecule has 1 aromatic carbocycles. The van der Waals surface area contributed by atoms with E-state index in [-0.39, 0.29) is 22.8 Å². The highest BCUT2D eigenvalue weighted by Crippen LogP contribution is 2.32. The lowest BCUT2D eigenvalue weighted by Gasteiger charge is -2.15. The highest BCUT2D eigenvalue weighted by Gasteiger charge is 2.22. The molecule has 0 radical (unpaired) electrons. The van der Waals surface area contributed by atoms with Crippen molar-refractivity contribution < 1.29 is 23.8 Å². The van der Waals surface area contributed by atoms with Crippen LogP contribution in [-0.4, -0.2) is 53.2 Å². The van der Waals surface area contributed by atoms with Crippen LogP contribution in [0.3, 0.4) is 0 Å². The largest absolute Gasteiger partial charge is 0.504 e. The third-order valence-electron chi connectivity index (χ3n) is 4.20. The summed E-state index contributed by atoms with van der Waals surface area (Å²) in [5.74, 6) is -1.57. The van der Waals surface area contributed by atoms with Gasteiger partial charge in [-0.2, -0.15) is 0 Å². The molecule has 2 aromatic heterocycles. The zero-order valence-corrected chi connectivity index (χ0v) is 16.1. The molecule has 3 aromatic rings. The van der Waals surface area contributed by atoms with Crippen LogP contribution in [0.15, 0.2) is 36.5 Å². The summed E-state index contributed by atoms with van der Waals surface area (Å²) < 4.78 is 17.8. The number of carbonyl (C=O) groups is 2. The van der Waals surface area contributed by atoms with Crippen molar-refractivity contribution in [1.29, 1.82) is 0 Å². The Balaban J connectivity index is 2.11. The van der Waals surface area contributed by atoms with Gasteiger partial charge >= 0.3 is 12.0 Å². The monoisotopic (exact) mass is 398 g/mol. The highest BCUT2D eigenvalue weighted by atomic mass is 19.1. The van der Waals surface area contributed by atoms with Gasteiger partial charge in [0.25, 0.3) is 0 Å². The fourth-order valence-corrected chi connectivity index (χ4v) is 2.70. The Hall–Kier alpha value is -3.75. The van der Waals surface area contributed by atoms with E-state index in [2.05, 4.69) is 20.0 Å². The van der Waals surface area contributed by atoms with Crippen LogP contribution in [0.4, 0.5) is 15.0 Å². The van der Waals surface area contributed by atoms with Crippen LogP contribution in [0.2, 0.25) is 0 Å². The number of anilines is 1. The lowest BCUT2D eigenvalue weighted by atomic mass is 10.0. The first-order valence-corrected chi connectivity index (χ1v) is 8.62. The number of urea groups is 1. The van der Waals surface area contributed by atoms with Crippen molar-refractivity contribution in [2.24, 2.45) is 0 Å². The summed E-state index contributed by atoms with van der Waals surface area (Å²) in [4.78, 5) is 33.7. The fraction of sp³-hybridized carbons (Fsp3) is 0.200. The zero-order valence-electron chi connectivity index (χ0n) is 16.1. The predicted molar refractivity (Wildman–Crippen MR) is 104 cm³/mol. The number of amides is 2. The Labute approximate surface area is 166 Å². The number of aromatic nitrogens is 2. The maximum atomic E-state index is 13.1. The number of methoxy groups -OCH3 is 1. The molecular weight excluding hydrogens is 379 g/mol. The summed E-state index contributed by atoms with van der Waals surface area (Å²) in [6.45, 7) is 0. The summed E-state index contributed by atoms with van der Waals surface area (Å²) >= 11 is 0. The number of fused-ring (bicyclic) bond motifs is 1. The number of benzene rings is 1. The van der Waals surface area contributed by atoms with Gasteiger partial charge in [0.15, 0.2) is 11.4 Å². The van der Waals surface area contributed by atoms with E-state index in [1.54, 1.807) is 32.3 Å². The van der Waals surface area contributed by atoms with Crippen LogP contribution in [0.5, 0.6) is 5.75 Å². The number of esters is 1. The van der Waals surface area contributed by atoms with Crippen LogP contribution >= 0.6 is 0 Å². The van der Waals surface area contributed by atoms with Crippen LogP contribution in [-0.2, 0) is 11.2 Å². The molecule has 3 rings (SSSR count). The van der Waals surface area contributed by atoms with E-state index >= 15 is 0 Å². The van der Waals surface area contributed by atoms with Gasteiger partial charge in [0.1, 0.15) is 17.2 Å². The molecular formula is C20H19FN4O4. The number of pyridine rings is 2. The predicted octanol–water partition coefficient (Wildman–Crippen LogP) is 2.95. The summed E-state index contributed by atoms with van der Waals surface area (Å²) in [7, 11) is 4.26. The number of rotatable bonds is 4. The highest BCUT2D eigenvalue weighted by molar-refractivity contribution is 6.05. The van der Waals surface area contributed by atoms with Crippen molar-refractivity contribution in [3.05, 3.63) is 59.2 Å². The van der Waals surface area contributed by atoms with Gasteiger partial charge < -0.3 is 14.7 Å². The average Bonchev–Trinajstić information content (AvgIpc) is 2.71. The Kier molecular flexibility index (Phi) is 5.58. The molecule has 0 aliphatic carbocycles. The Morgan fingerprint density at radius 1 is 1.21 bits per heavy atom. The summed E-state index contributed by atoms with van der Waals surface area (Å²) in [5, 5.41) is 13.4. The van der Waals surface area contributed by atoms with Crippen molar-refractivity contribution in [3.63, 3.8) is 0 Å². The van der Waals surface area contributed by atoms with E-state index in [0.717, 1.165) is 18.2 Å². The summed E-state index contributed by atoms with van der Waals surface area (Å²) in [6, 6.07) is 7.27. The molecule has 0 atom stereocenters. The normalized spacial score (nSPS) is 10.6. The van der Waals surface area contributed by atoms with Crippen LogP contribution in [0.25, 0.3) is 10.9 Å². The van der Waals surface area contributed by atoms with Crippen LogP contribution < -0.4 is 5.32 Å². The second kappa shape index (κ2) is 8.09. The lowest BCUT2D eigenvalue weighted by Crippen LogP contribution is -2.28. The minimum absolute atomic E-state index is 0.0605. The third-order valence-corrected chi connectivity index (χ3v) is 4.20. The maximum Gasteiger partial charge on any atom is 0.360 e. The standard InChI is InChI=1S/C20H19FN4O4/c1-25(2)20(28)24-18-14-9-12(8-11-4-6-13(21)7-5-11)10-22-15(14)17(26)16(23-18)19(27)29-3/h4-7,9-10,26H,8H2,1-3H3,(H,23,24,28). The van der Waals surface area contributed by atoms with Gasteiger partial charge in [-0.3, -0.25) is 10.3 Å². The molecule has 150 valence electrons. The van der Waals surface area contributed by atoms with E-state index in [1.165, 1.54) is 23.2 Å². The minimum Gasteiger partial charge on any atom is -0.504 e. The van der Waals surface area contributed by atoms with E-state index in [1.807, 2.05) is 0 Å². The number of halogens is 1. The summed E-state index contributed by atoms with van der Waals surface area (Å²) in [6.07, 6.45) is 1.98. The molecule has 0 spiro atoms. The molecule has 8 nitrogen and oxygen atoms in total. The molecule has 9 heteroatoms. The topological polar surface area (TPSA) is 105 Å². The van der Waals surface area contributed by atoms with Crippen molar-refractivity contribution in [2.75, 3.05) is 26.5 Å². The van der Waals surface area contributed by atoms with Crippen molar-refractivity contribution >= 4 is 28.7 Å². The summed E-state index contributed by atoms with van der Waals surface area (Å²) in [5.41, 5.74) is 1.34. The number of hydrogen-bond acceptors (Lipinski definition) is 6. The third kappa shape index (κ3) is 4.23. The van der Waals surface area contributed by atoms with E-state index in [4.69, 9.17) is 0 Å². The minimum atomic E-state index is -0.859. The second-order valence-electron chi connectivity index (χ2n) is 6.52. The van der Waals surface area contributed by atoms with Gasteiger partial charge in [0.2, 0.25) is 0 Å². The smallest absolute Gasteiger partial charge is 0.360 e. The first-order valence-electron chi connectivity index (χ1n) is 8.62. The van der Waals surface area contributed by atoms with Crippen molar-refractivity contribution in [1.82, 2.24) is 14.9 Å². The van der Waals surface area contributed by atoms with E-state index < -0.39 is 17.7 Å². The molecule has 2 N–H and O–H groups in total. The Bertz CT molecular complexity index is 1080. The maximum absolute atomic E-state index is 13.1. The molecule has 0 aliphatic rings. The molecule has 2 heterocycles. The molecule has 29 heavy (non-hydrogen) atoms. The van der Waals surface area contributed by atoms with Gasteiger partial charge in [-0.25, -0.2) is 19.0 Å². The van der Waals surface area contributed by atoms with Gasteiger partial charge in [0.05, 0.1) is 7.11 Å². The number of carbonyl (C=O) groups excluding carboxylic acids is 2. The van der Waals surface area contributed by atoms with Gasteiger partial charge in [-0.1, -0.05) is 12.1 Å². The second-order valence-corrected chi connectivity index (χ2v) is 6.52. The SMILES string of the molecule is COC(=O)c1nc(NC(=O)N(C)C)c2cc(Cc3ccc(F)cc3)cnc2c1O. The number of nitrogens with zero attached hydrogens (tertiary/aromatic N) is 3. The molecule has 0 saturated heterocycles. The lowest BCUT2D eigenvalue weighted by molar-refractivity contribution is 0.0591. The fourth-order valence-electron chi connectivity index (χ4n) is 2.70. The van der Waals surface area contributed by atoms with Gasteiger partial charge in [-0.05, 0) is 35.7 Å². The van der Waals surface area contributed by atoms with E-state index in [0.29, 0.717) is 11.8 Å². The number of aromatic hydroxyl groups is 1. The average molecular weight is 398 g/mol. The quantitative estimate of drug-likeness (QED) is 0.655. The number of nitrogens with one attached hydrogen (secondary N) is 1. The van der Waals surface area contributed by atoms with Crippen molar-refractivity contribution in [2.45, 2.75) is 6.42 Å². The Morgan fingerprint density at radius 3 is 2.52 bits per heavy atom. The molecule has 0 unspecified atom stereocenters. The van der Waals surface area contributed by atoms with Crippen LogP contribution in [0, 0.1) is 5.82 Å². The Morgan fingerprint density at radius 2 is 1.90 bits per heavy atom. The molecule has 0 bridgehead atoms. The molecule has 0 fully saturated rings. The molecule has 2 amide bonds. The van der Waals surface area contributed by atoms with E-state index in [9.17, 15) is 19.1 Å². The van der Waals surface area contributed by atoms with Gasteiger partial charge in [0, 0.05) is 25.7 Å². The first kappa shape index (κ1) is 20.0. The first-order chi connectivity index (χ1) is 13.8. The zero-order chi connectivity index (χ0) is 21.1. The number of ether oxygens (including phenoxy) is 1.